The third kappa shape index (κ3) is 6.40. The van der Waals surface area contributed by atoms with Gasteiger partial charge in [-0.15, -0.1) is 11.8 Å². The quantitative estimate of drug-likeness (QED) is 0.711. The van der Waals surface area contributed by atoms with Crippen LogP contribution in [0.3, 0.4) is 0 Å². The van der Waals surface area contributed by atoms with Crippen LogP contribution in [0.1, 0.15) is 19.8 Å². The first-order chi connectivity index (χ1) is 11.1. The summed E-state index contributed by atoms with van der Waals surface area (Å²) in [4.78, 5) is 23.3. The highest BCUT2D eigenvalue weighted by molar-refractivity contribution is 8.00. The number of hydrogen-bond donors (Lipinski definition) is 2. The predicted octanol–water partition coefficient (Wildman–Crippen LogP) is 2.18. The lowest BCUT2D eigenvalue weighted by atomic mass is 10.3. The van der Waals surface area contributed by atoms with E-state index in [2.05, 4.69) is 10.6 Å². The third-order valence-electron chi connectivity index (χ3n) is 3.30. The van der Waals surface area contributed by atoms with Crippen LogP contribution in [-0.4, -0.2) is 42.7 Å². The second kappa shape index (κ2) is 8.67. The zero-order valence-corrected chi connectivity index (χ0v) is 14.2. The van der Waals surface area contributed by atoms with Crippen LogP contribution in [-0.2, 0) is 4.79 Å². The van der Waals surface area contributed by atoms with Gasteiger partial charge in [0, 0.05) is 11.8 Å². The highest BCUT2D eigenvalue weighted by Crippen LogP contribution is 2.19. The van der Waals surface area contributed by atoms with Gasteiger partial charge in [0.25, 0.3) is 0 Å². The van der Waals surface area contributed by atoms with Crippen LogP contribution < -0.4 is 20.1 Å². The molecule has 2 rings (SSSR count). The minimum atomic E-state index is -0.403. The minimum absolute atomic E-state index is 0.239. The molecule has 1 aliphatic carbocycles. The summed E-state index contributed by atoms with van der Waals surface area (Å²) in [5, 5.41) is 4.77. The van der Waals surface area contributed by atoms with E-state index in [0.29, 0.717) is 12.4 Å². The molecule has 0 spiro atoms. The summed E-state index contributed by atoms with van der Waals surface area (Å²) in [5.41, 5.74) is 0. The molecule has 1 aromatic rings. The van der Waals surface area contributed by atoms with Crippen molar-refractivity contribution in [3.05, 3.63) is 24.3 Å². The van der Waals surface area contributed by atoms with Gasteiger partial charge < -0.3 is 14.8 Å². The van der Waals surface area contributed by atoms with Crippen LogP contribution in [0.4, 0.5) is 4.79 Å². The smallest absolute Gasteiger partial charge is 0.321 e. The molecule has 6 nitrogen and oxygen atoms in total. The summed E-state index contributed by atoms with van der Waals surface area (Å²) in [6.45, 7) is 2.26. The lowest BCUT2D eigenvalue weighted by molar-refractivity contribution is -0.119. The van der Waals surface area contributed by atoms with Crippen LogP contribution in [0, 0.1) is 0 Å². The topological polar surface area (TPSA) is 76.7 Å². The van der Waals surface area contributed by atoms with Crippen molar-refractivity contribution >= 4 is 23.7 Å². The Morgan fingerprint density at radius 1 is 1.26 bits per heavy atom. The van der Waals surface area contributed by atoms with Gasteiger partial charge >= 0.3 is 6.03 Å². The molecule has 1 saturated carbocycles. The van der Waals surface area contributed by atoms with E-state index in [0.717, 1.165) is 24.3 Å². The number of ether oxygens (including phenoxy) is 2. The number of carbonyl (C=O) groups is 2. The molecule has 0 bridgehead atoms. The summed E-state index contributed by atoms with van der Waals surface area (Å²) in [7, 11) is 1.61. The van der Waals surface area contributed by atoms with E-state index in [1.165, 1.54) is 11.8 Å². The Kier molecular flexibility index (Phi) is 6.58. The van der Waals surface area contributed by atoms with Gasteiger partial charge in [-0.3, -0.25) is 10.1 Å². The number of hydrogen-bond acceptors (Lipinski definition) is 5. The zero-order chi connectivity index (χ0) is 16.7. The summed E-state index contributed by atoms with van der Waals surface area (Å²) in [5.74, 6) is 1.91. The molecule has 1 aromatic carbocycles. The van der Waals surface area contributed by atoms with Gasteiger partial charge in [0.05, 0.1) is 19.0 Å². The van der Waals surface area contributed by atoms with Crippen LogP contribution in [0.15, 0.2) is 24.3 Å². The van der Waals surface area contributed by atoms with Crippen molar-refractivity contribution in [3.63, 3.8) is 0 Å². The molecule has 0 aromatic heterocycles. The number of amides is 3. The molecule has 0 heterocycles. The second-order valence-corrected chi connectivity index (χ2v) is 6.72. The molecule has 1 aliphatic rings. The Labute approximate surface area is 140 Å². The zero-order valence-electron chi connectivity index (χ0n) is 13.3. The van der Waals surface area contributed by atoms with Crippen LogP contribution in [0.2, 0.25) is 0 Å². The van der Waals surface area contributed by atoms with E-state index in [4.69, 9.17) is 9.47 Å². The minimum Gasteiger partial charge on any atom is -0.497 e. The van der Waals surface area contributed by atoms with Gasteiger partial charge in [-0.25, -0.2) is 4.79 Å². The number of methoxy groups -OCH3 is 1. The van der Waals surface area contributed by atoms with E-state index in [1.807, 2.05) is 24.3 Å². The Morgan fingerprint density at radius 2 is 1.91 bits per heavy atom. The highest BCUT2D eigenvalue weighted by atomic mass is 32.2. The van der Waals surface area contributed by atoms with Gasteiger partial charge in [-0.1, -0.05) is 0 Å². The van der Waals surface area contributed by atoms with Gasteiger partial charge in [0.15, 0.2) is 0 Å². The Balaban J connectivity index is 1.60. The van der Waals surface area contributed by atoms with Crippen molar-refractivity contribution in [1.29, 1.82) is 0 Å². The fourth-order valence-electron chi connectivity index (χ4n) is 1.79. The summed E-state index contributed by atoms with van der Waals surface area (Å²) >= 11 is 1.45. The molecule has 23 heavy (non-hydrogen) atoms. The summed E-state index contributed by atoms with van der Waals surface area (Å²) < 4.78 is 10.7. The van der Waals surface area contributed by atoms with E-state index < -0.39 is 6.03 Å². The molecule has 126 valence electrons. The number of thioether (sulfide) groups is 1. The Hall–Kier alpha value is -1.89. The van der Waals surface area contributed by atoms with Gasteiger partial charge in [-0.05, 0) is 44.0 Å². The molecule has 0 saturated heterocycles. The van der Waals surface area contributed by atoms with Crippen molar-refractivity contribution < 1.29 is 19.1 Å². The van der Waals surface area contributed by atoms with E-state index >= 15 is 0 Å². The van der Waals surface area contributed by atoms with E-state index in [-0.39, 0.29) is 17.2 Å². The maximum Gasteiger partial charge on any atom is 0.321 e. The van der Waals surface area contributed by atoms with Crippen LogP contribution in [0.5, 0.6) is 11.5 Å². The first-order valence-corrected chi connectivity index (χ1v) is 8.63. The molecule has 3 amide bonds. The molecule has 1 unspecified atom stereocenters. The molecule has 0 radical (unpaired) electrons. The third-order valence-corrected chi connectivity index (χ3v) is 4.41. The van der Waals surface area contributed by atoms with Crippen molar-refractivity contribution in [2.75, 3.05) is 19.5 Å². The lowest BCUT2D eigenvalue weighted by Gasteiger charge is -2.12. The molecule has 7 heteroatoms. The van der Waals surface area contributed by atoms with E-state index in [9.17, 15) is 9.59 Å². The number of benzene rings is 1. The predicted molar refractivity (Wildman–Crippen MR) is 90.1 cm³/mol. The van der Waals surface area contributed by atoms with Crippen LogP contribution >= 0.6 is 11.8 Å². The number of nitrogens with one attached hydrogen (secondary N) is 2. The molecule has 2 N–H and O–H groups in total. The number of imide groups is 1. The molecule has 1 fully saturated rings. The molecule has 1 atom stereocenters. The maximum absolute atomic E-state index is 11.8. The fourth-order valence-corrected chi connectivity index (χ4v) is 2.54. The average molecular weight is 338 g/mol. The van der Waals surface area contributed by atoms with Crippen molar-refractivity contribution in [2.24, 2.45) is 0 Å². The van der Waals surface area contributed by atoms with Crippen molar-refractivity contribution in [3.8, 4) is 11.5 Å². The largest absolute Gasteiger partial charge is 0.497 e. The van der Waals surface area contributed by atoms with Crippen molar-refractivity contribution in [2.45, 2.75) is 31.1 Å². The van der Waals surface area contributed by atoms with Gasteiger partial charge in [0.2, 0.25) is 5.91 Å². The Bertz CT molecular complexity index is 531. The molecular formula is C16H22N2O4S. The molecule has 0 aliphatic heterocycles. The first-order valence-electron chi connectivity index (χ1n) is 7.58. The first kappa shape index (κ1) is 17.5. The summed E-state index contributed by atoms with van der Waals surface area (Å²) in [6, 6.07) is 7.17. The number of carbonyl (C=O) groups excluding carboxylic acids is 2. The monoisotopic (exact) mass is 338 g/mol. The SMILES string of the molecule is COc1ccc(OCCSC(C)C(=O)NC(=O)NC2CC2)cc1. The van der Waals surface area contributed by atoms with Gasteiger partial charge in [0.1, 0.15) is 11.5 Å². The van der Waals surface area contributed by atoms with Gasteiger partial charge in [-0.2, -0.15) is 0 Å². The average Bonchev–Trinajstić information content (AvgIpc) is 3.35. The lowest BCUT2D eigenvalue weighted by Crippen LogP contribution is -2.43. The maximum atomic E-state index is 11.8. The van der Waals surface area contributed by atoms with E-state index in [1.54, 1.807) is 14.0 Å². The van der Waals surface area contributed by atoms with Crippen molar-refractivity contribution in [1.82, 2.24) is 10.6 Å². The Morgan fingerprint density at radius 3 is 2.52 bits per heavy atom. The fraction of sp³-hybridized carbons (Fsp3) is 0.500. The summed E-state index contributed by atoms with van der Waals surface area (Å²) in [6.07, 6.45) is 1.99. The normalized spacial score (nSPS) is 14.7. The highest BCUT2D eigenvalue weighted by Gasteiger charge is 2.24. The molecular weight excluding hydrogens is 316 g/mol. The second-order valence-electron chi connectivity index (χ2n) is 5.27. The van der Waals surface area contributed by atoms with Crippen LogP contribution in [0.25, 0.3) is 0 Å². The number of urea groups is 1. The standard InChI is InChI=1S/C16H22N2O4S/c1-11(15(19)18-16(20)17-12-3-4-12)23-10-9-22-14-7-5-13(21-2)6-8-14/h5-8,11-12H,3-4,9-10H2,1-2H3,(H2,17,18,19,20). The number of rotatable bonds is 8.